The van der Waals surface area contributed by atoms with Crippen LogP contribution in [0.4, 0.5) is 0 Å². The number of thiazole rings is 1. The van der Waals surface area contributed by atoms with Crippen molar-refractivity contribution in [2.75, 3.05) is 0 Å². The van der Waals surface area contributed by atoms with E-state index < -0.39 is 0 Å². The summed E-state index contributed by atoms with van der Waals surface area (Å²) in [6.45, 7) is 10.1. The molecule has 1 aromatic heterocycles. The van der Waals surface area contributed by atoms with Gasteiger partial charge in [0.05, 0.1) is 23.2 Å². The van der Waals surface area contributed by atoms with Gasteiger partial charge >= 0.3 is 0 Å². The highest BCUT2D eigenvalue weighted by Gasteiger charge is 2.16. The zero-order valence-electron chi connectivity index (χ0n) is 13.3. The van der Waals surface area contributed by atoms with Gasteiger partial charge in [0.2, 0.25) is 5.91 Å². The fourth-order valence-electron chi connectivity index (χ4n) is 2.47. The molecule has 1 atom stereocenters. The standard InChI is InChI=1S/C17H22N2OS/c1-10-6-7-11(2)15(8-10)9-16(20)18-12(3)17-13(4)21-14(5)19-17/h6-8,12H,9H2,1-5H3,(H,18,20)/t12-/m1/s1. The Morgan fingerprint density at radius 3 is 2.62 bits per heavy atom. The molecule has 0 bridgehead atoms. The molecule has 0 unspecified atom stereocenters. The van der Waals surface area contributed by atoms with Crippen molar-refractivity contribution in [2.24, 2.45) is 0 Å². The number of nitrogens with one attached hydrogen (secondary N) is 1. The molecule has 0 aliphatic rings. The molecule has 2 rings (SSSR count). The quantitative estimate of drug-likeness (QED) is 0.933. The molecule has 4 heteroatoms. The van der Waals surface area contributed by atoms with Crippen molar-refractivity contribution in [3.05, 3.63) is 50.5 Å². The molecule has 0 aliphatic carbocycles. The Morgan fingerprint density at radius 1 is 1.29 bits per heavy atom. The highest BCUT2D eigenvalue weighted by atomic mass is 32.1. The average Bonchev–Trinajstić information content (AvgIpc) is 2.73. The Kier molecular flexibility index (Phi) is 4.78. The molecule has 1 aromatic carbocycles. The maximum atomic E-state index is 12.2. The van der Waals surface area contributed by atoms with Crippen LogP contribution in [-0.4, -0.2) is 10.9 Å². The van der Waals surface area contributed by atoms with Crippen molar-refractivity contribution in [1.82, 2.24) is 10.3 Å². The Bertz CT molecular complexity index is 661. The minimum atomic E-state index is -0.0486. The second-order valence-corrected chi connectivity index (χ2v) is 6.98. The molecule has 0 saturated heterocycles. The first kappa shape index (κ1) is 15.7. The van der Waals surface area contributed by atoms with Gasteiger partial charge in [0.25, 0.3) is 0 Å². The van der Waals surface area contributed by atoms with Crippen LogP contribution in [0.2, 0.25) is 0 Å². The van der Waals surface area contributed by atoms with Crippen molar-refractivity contribution < 1.29 is 4.79 Å². The number of aromatic nitrogens is 1. The number of nitrogens with zero attached hydrogens (tertiary/aromatic N) is 1. The van der Waals surface area contributed by atoms with Gasteiger partial charge in [-0.25, -0.2) is 4.98 Å². The van der Waals surface area contributed by atoms with Crippen LogP contribution in [-0.2, 0) is 11.2 Å². The lowest BCUT2D eigenvalue weighted by Crippen LogP contribution is -2.28. The Balaban J connectivity index is 2.04. The SMILES string of the molecule is Cc1ccc(C)c(CC(=O)N[C@H](C)c2nc(C)sc2C)c1. The van der Waals surface area contributed by atoms with Gasteiger partial charge < -0.3 is 5.32 Å². The maximum Gasteiger partial charge on any atom is 0.224 e. The predicted octanol–water partition coefficient (Wildman–Crippen LogP) is 3.80. The lowest BCUT2D eigenvalue weighted by atomic mass is 10.0. The first-order valence-electron chi connectivity index (χ1n) is 7.16. The van der Waals surface area contributed by atoms with Crippen LogP contribution in [0.5, 0.6) is 0 Å². The van der Waals surface area contributed by atoms with Gasteiger partial charge in [0.1, 0.15) is 0 Å². The van der Waals surface area contributed by atoms with E-state index >= 15 is 0 Å². The first-order chi connectivity index (χ1) is 9.86. The van der Waals surface area contributed by atoms with Crippen molar-refractivity contribution in [3.63, 3.8) is 0 Å². The number of amides is 1. The number of hydrogen-bond donors (Lipinski definition) is 1. The van der Waals surface area contributed by atoms with Gasteiger partial charge in [-0.2, -0.15) is 0 Å². The fraction of sp³-hybridized carbons (Fsp3) is 0.412. The van der Waals surface area contributed by atoms with E-state index in [1.165, 1.54) is 10.4 Å². The van der Waals surface area contributed by atoms with Gasteiger partial charge in [-0.1, -0.05) is 23.8 Å². The van der Waals surface area contributed by atoms with E-state index in [0.29, 0.717) is 6.42 Å². The molecule has 3 nitrogen and oxygen atoms in total. The summed E-state index contributed by atoms with van der Waals surface area (Å²) >= 11 is 1.67. The van der Waals surface area contributed by atoms with E-state index in [4.69, 9.17) is 0 Å². The summed E-state index contributed by atoms with van der Waals surface area (Å²) < 4.78 is 0. The first-order valence-corrected chi connectivity index (χ1v) is 7.98. The number of hydrogen-bond acceptors (Lipinski definition) is 3. The Morgan fingerprint density at radius 2 is 2.00 bits per heavy atom. The number of carbonyl (C=O) groups excluding carboxylic acids is 1. The number of benzene rings is 1. The zero-order chi connectivity index (χ0) is 15.6. The van der Waals surface area contributed by atoms with E-state index in [1.54, 1.807) is 11.3 Å². The van der Waals surface area contributed by atoms with E-state index in [-0.39, 0.29) is 11.9 Å². The van der Waals surface area contributed by atoms with Crippen LogP contribution in [0.1, 0.15) is 45.2 Å². The highest BCUT2D eigenvalue weighted by molar-refractivity contribution is 7.11. The van der Waals surface area contributed by atoms with Crippen molar-refractivity contribution in [3.8, 4) is 0 Å². The van der Waals surface area contributed by atoms with E-state index in [9.17, 15) is 4.79 Å². The van der Waals surface area contributed by atoms with Crippen molar-refractivity contribution in [2.45, 2.75) is 47.1 Å². The van der Waals surface area contributed by atoms with Crippen LogP contribution < -0.4 is 5.32 Å². The molecule has 0 radical (unpaired) electrons. The summed E-state index contributed by atoms with van der Waals surface area (Å²) in [6, 6.07) is 6.17. The van der Waals surface area contributed by atoms with Crippen molar-refractivity contribution >= 4 is 17.2 Å². The summed E-state index contributed by atoms with van der Waals surface area (Å²) in [7, 11) is 0. The molecule has 0 aliphatic heterocycles. The van der Waals surface area contributed by atoms with E-state index in [1.807, 2.05) is 34.6 Å². The fourth-order valence-corrected chi connectivity index (χ4v) is 3.39. The van der Waals surface area contributed by atoms with Crippen LogP contribution in [0, 0.1) is 27.7 Å². The maximum absolute atomic E-state index is 12.2. The predicted molar refractivity (Wildman–Crippen MR) is 87.8 cm³/mol. The normalized spacial score (nSPS) is 12.2. The summed E-state index contributed by atoms with van der Waals surface area (Å²) in [5, 5.41) is 4.09. The smallest absolute Gasteiger partial charge is 0.224 e. The monoisotopic (exact) mass is 302 g/mol. The summed E-state index contributed by atoms with van der Waals surface area (Å²) in [4.78, 5) is 17.9. The molecule has 0 saturated carbocycles. The minimum absolute atomic E-state index is 0.0428. The minimum Gasteiger partial charge on any atom is -0.348 e. The average molecular weight is 302 g/mol. The Labute approximate surface area is 130 Å². The molecule has 0 fully saturated rings. The van der Waals surface area contributed by atoms with Crippen LogP contribution in [0.15, 0.2) is 18.2 Å². The topological polar surface area (TPSA) is 42.0 Å². The molecule has 112 valence electrons. The lowest BCUT2D eigenvalue weighted by molar-refractivity contribution is -0.121. The second-order valence-electron chi connectivity index (χ2n) is 5.57. The van der Waals surface area contributed by atoms with Crippen molar-refractivity contribution in [1.29, 1.82) is 0 Å². The summed E-state index contributed by atoms with van der Waals surface area (Å²) in [6.07, 6.45) is 0.417. The molecular formula is C17H22N2OS. The molecular weight excluding hydrogens is 280 g/mol. The number of aryl methyl sites for hydroxylation is 4. The van der Waals surface area contributed by atoms with Gasteiger partial charge in [0.15, 0.2) is 0 Å². The third-order valence-corrected chi connectivity index (χ3v) is 4.48. The van der Waals surface area contributed by atoms with Crippen LogP contribution in [0.25, 0.3) is 0 Å². The highest BCUT2D eigenvalue weighted by Crippen LogP contribution is 2.22. The zero-order valence-corrected chi connectivity index (χ0v) is 14.1. The summed E-state index contributed by atoms with van der Waals surface area (Å²) in [5.74, 6) is 0.0428. The summed E-state index contributed by atoms with van der Waals surface area (Å²) in [5.41, 5.74) is 4.41. The number of rotatable bonds is 4. The van der Waals surface area contributed by atoms with Gasteiger partial charge in [-0.05, 0) is 45.7 Å². The molecule has 1 amide bonds. The van der Waals surface area contributed by atoms with E-state index in [0.717, 1.165) is 21.8 Å². The number of carbonyl (C=O) groups is 1. The molecule has 2 aromatic rings. The largest absolute Gasteiger partial charge is 0.348 e. The lowest BCUT2D eigenvalue weighted by Gasteiger charge is -2.14. The van der Waals surface area contributed by atoms with Gasteiger partial charge in [-0.15, -0.1) is 11.3 Å². The third-order valence-electron chi connectivity index (χ3n) is 3.58. The molecule has 1 heterocycles. The van der Waals surface area contributed by atoms with Crippen LogP contribution >= 0.6 is 11.3 Å². The van der Waals surface area contributed by atoms with E-state index in [2.05, 4.69) is 28.5 Å². The Hall–Kier alpha value is -1.68. The third kappa shape index (κ3) is 3.91. The second kappa shape index (κ2) is 6.39. The van der Waals surface area contributed by atoms with Gasteiger partial charge in [-0.3, -0.25) is 4.79 Å². The molecule has 1 N–H and O–H groups in total. The molecule has 21 heavy (non-hydrogen) atoms. The van der Waals surface area contributed by atoms with Crippen LogP contribution in [0.3, 0.4) is 0 Å². The van der Waals surface area contributed by atoms with Gasteiger partial charge in [0, 0.05) is 4.88 Å². The molecule has 0 spiro atoms.